The van der Waals surface area contributed by atoms with Crippen LogP contribution in [0.25, 0.3) is 0 Å². The maximum absolute atomic E-state index is 12.6. The Kier molecular flexibility index (Phi) is 5.66. The number of nitrogens with zero attached hydrogens (tertiary/aromatic N) is 4. The summed E-state index contributed by atoms with van der Waals surface area (Å²) in [5, 5.41) is 3.01. The predicted octanol–water partition coefficient (Wildman–Crippen LogP) is 3.40. The van der Waals surface area contributed by atoms with E-state index in [1.54, 1.807) is 11.3 Å². The highest BCUT2D eigenvalue weighted by Crippen LogP contribution is 2.26. The summed E-state index contributed by atoms with van der Waals surface area (Å²) in [4.78, 5) is 23.6. The molecule has 2 aromatic heterocycles. The van der Waals surface area contributed by atoms with Gasteiger partial charge in [-0.1, -0.05) is 13.3 Å². The van der Waals surface area contributed by atoms with Crippen LogP contribution in [0.1, 0.15) is 55.1 Å². The van der Waals surface area contributed by atoms with E-state index in [4.69, 9.17) is 0 Å². The number of hydrogen-bond acceptors (Lipinski definition) is 4. The van der Waals surface area contributed by atoms with Gasteiger partial charge >= 0.3 is 0 Å². The molecule has 1 fully saturated rings. The van der Waals surface area contributed by atoms with Gasteiger partial charge in [0.05, 0.1) is 17.1 Å². The number of hydrogen-bond donors (Lipinski definition) is 0. The summed E-state index contributed by atoms with van der Waals surface area (Å²) in [5.41, 5.74) is 0.897. The van der Waals surface area contributed by atoms with Crippen LogP contribution in [0.3, 0.4) is 0 Å². The average Bonchev–Trinajstić information content (AvgIpc) is 3.22. The molecule has 2 aromatic rings. The lowest BCUT2D eigenvalue weighted by Gasteiger charge is -2.32. The van der Waals surface area contributed by atoms with E-state index in [1.807, 2.05) is 23.4 Å². The molecule has 24 heavy (non-hydrogen) atoms. The van der Waals surface area contributed by atoms with Crippen molar-refractivity contribution in [3.63, 3.8) is 0 Å². The average molecular weight is 346 g/mol. The Hall–Kier alpha value is -1.69. The van der Waals surface area contributed by atoms with E-state index in [1.165, 1.54) is 12.8 Å². The molecule has 130 valence electrons. The second-order valence-corrected chi connectivity index (χ2v) is 7.61. The van der Waals surface area contributed by atoms with Crippen LogP contribution >= 0.6 is 11.3 Å². The van der Waals surface area contributed by atoms with Crippen molar-refractivity contribution < 1.29 is 4.79 Å². The lowest BCUT2D eigenvalue weighted by Crippen LogP contribution is -2.40. The molecule has 0 aliphatic carbocycles. The second-order valence-electron chi connectivity index (χ2n) is 6.55. The number of thiazole rings is 1. The van der Waals surface area contributed by atoms with Crippen LogP contribution in [0, 0.1) is 6.92 Å². The molecule has 0 N–H and O–H groups in total. The zero-order chi connectivity index (χ0) is 16.9. The van der Waals surface area contributed by atoms with E-state index < -0.39 is 0 Å². The van der Waals surface area contributed by atoms with Crippen molar-refractivity contribution in [2.24, 2.45) is 0 Å². The van der Waals surface area contributed by atoms with E-state index in [9.17, 15) is 4.79 Å². The molecule has 1 aliphatic rings. The van der Waals surface area contributed by atoms with Crippen molar-refractivity contribution in [1.82, 2.24) is 19.4 Å². The fourth-order valence-electron chi connectivity index (χ4n) is 3.37. The van der Waals surface area contributed by atoms with Gasteiger partial charge in [0.25, 0.3) is 0 Å². The standard InChI is InChI=1S/C18H26N4OS/c1-3-4-8-21-10-7-19-18(21)15-6-5-9-22(12-15)17(23)11-16-13-24-14(2)20-16/h7,10,13,15H,3-6,8-9,11-12H2,1-2H3/t15-/m0/s1. The Balaban J connectivity index is 1.63. The van der Waals surface area contributed by atoms with Crippen LogP contribution in [0.2, 0.25) is 0 Å². The van der Waals surface area contributed by atoms with Gasteiger partial charge in [-0.25, -0.2) is 9.97 Å². The van der Waals surface area contributed by atoms with Crippen LogP contribution in [-0.2, 0) is 17.8 Å². The molecule has 1 atom stereocenters. The highest BCUT2D eigenvalue weighted by Gasteiger charge is 2.27. The first-order valence-electron chi connectivity index (χ1n) is 8.87. The first-order valence-corrected chi connectivity index (χ1v) is 9.75. The second kappa shape index (κ2) is 7.92. The maximum Gasteiger partial charge on any atom is 0.228 e. The number of amides is 1. The summed E-state index contributed by atoms with van der Waals surface area (Å²) >= 11 is 1.61. The van der Waals surface area contributed by atoms with Gasteiger partial charge in [0.2, 0.25) is 5.91 Å². The Labute approximate surface area is 147 Å². The molecule has 0 spiro atoms. The molecular formula is C18H26N4OS. The van der Waals surface area contributed by atoms with Gasteiger partial charge in [0.15, 0.2) is 0 Å². The Morgan fingerprint density at radius 1 is 1.46 bits per heavy atom. The topological polar surface area (TPSA) is 51.0 Å². The molecule has 0 radical (unpaired) electrons. The maximum atomic E-state index is 12.6. The highest BCUT2D eigenvalue weighted by molar-refractivity contribution is 7.09. The van der Waals surface area contributed by atoms with Gasteiger partial charge < -0.3 is 9.47 Å². The summed E-state index contributed by atoms with van der Waals surface area (Å²) in [6, 6.07) is 0. The highest BCUT2D eigenvalue weighted by atomic mass is 32.1. The molecule has 0 saturated carbocycles. The minimum atomic E-state index is 0.191. The fourth-order valence-corrected chi connectivity index (χ4v) is 3.98. The minimum Gasteiger partial charge on any atom is -0.342 e. The van der Waals surface area contributed by atoms with E-state index >= 15 is 0 Å². The van der Waals surface area contributed by atoms with Crippen molar-refractivity contribution in [1.29, 1.82) is 0 Å². The summed E-state index contributed by atoms with van der Waals surface area (Å²) < 4.78 is 2.27. The predicted molar refractivity (Wildman–Crippen MR) is 96.2 cm³/mol. The number of aryl methyl sites for hydroxylation is 2. The zero-order valence-electron chi connectivity index (χ0n) is 14.6. The van der Waals surface area contributed by atoms with E-state index in [2.05, 4.69) is 27.7 Å². The number of carbonyl (C=O) groups is 1. The molecule has 3 heterocycles. The molecule has 0 unspecified atom stereocenters. The molecule has 1 aliphatic heterocycles. The van der Waals surface area contributed by atoms with Gasteiger partial charge in [-0.2, -0.15) is 0 Å². The molecule has 0 aromatic carbocycles. The van der Waals surface area contributed by atoms with Crippen LogP contribution in [0.15, 0.2) is 17.8 Å². The lowest BCUT2D eigenvalue weighted by atomic mass is 9.96. The van der Waals surface area contributed by atoms with Crippen LogP contribution in [-0.4, -0.2) is 38.4 Å². The van der Waals surface area contributed by atoms with E-state index in [0.717, 1.165) is 49.0 Å². The monoisotopic (exact) mass is 346 g/mol. The summed E-state index contributed by atoms with van der Waals surface area (Å²) in [6.07, 6.45) is 8.90. The van der Waals surface area contributed by atoms with Gasteiger partial charge in [-0.3, -0.25) is 4.79 Å². The quantitative estimate of drug-likeness (QED) is 0.805. The molecule has 1 saturated heterocycles. The third-order valence-electron chi connectivity index (χ3n) is 4.64. The number of imidazole rings is 1. The van der Waals surface area contributed by atoms with Gasteiger partial charge in [-0.05, 0) is 26.2 Å². The van der Waals surface area contributed by atoms with Gasteiger partial charge in [-0.15, -0.1) is 11.3 Å². The summed E-state index contributed by atoms with van der Waals surface area (Å²) in [7, 11) is 0. The third kappa shape index (κ3) is 4.04. The Morgan fingerprint density at radius 3 is 3.08 bits per heavy atom. The lowest BCUT2D eigenvalue weighted by molar-refractivity contribution is -0.131. The Bertz CT molecular complexity index is 678. The third-order valence-corrected chi connectivity index (χ3v) is 5.46. The zero-order valence-corrected chi connectivity index (χ0v) is 15.4. The summed E-state index contributed by atoms with van der Waals surface area (Å²) in [5.74, 6) is 1.69. The minimum absolute atomic E-state index is 0.191. The van der Waals surface area contributed by atoms with Crippen LogP contribution in [0.5, 0.6) is 0 Å². The number of rotatable bonds is 6. The number of aromatic nitrogens is 3. The first kappa shape index (κ1) is 17.1. The number of unbranched alkanes of at least 4 members (excludes halogenated alkanes) is 1. The number of carbonyl (C=O) groups excluding carboxylic acids is 1. The fraction of sp³-hybridized carbons (Fsp3) is 0.611. The number of likely N-dealkylation sites (tertiary alicyclic amines) is 1. The molecule has 6 heteroatoms. The van der Waals surface area contributed by atoms with Crippen LogP contribution < -0.4 is 0 Å². The number of piperidine rings is 1. The Morgan fingerprint density at radius 2 is 2.33 bits per heavy atom. The largest absolute Gasteiger partial charge is 0.342 e. The van der Waals surface area contributed by atoms with Gasteiger partial charge in [0.1, 0.15) is 5.82 Å². The summed E-state index contributed by atoms with van der Waals surface area (Å²) in [6.45, 7) is 6.84. The first-order chi connectivity index (χ1) is 11.7. The van der Waals surface area contributed by atoms with Crippen LogP contribution in [0.4, 0.5) is 0 Å². The smallest absolute Gasteiger partial charge is 0.228 e. The molecule has 3 rings (SSSR count). The van der Waals surface area contributed by atoms with E-state index in [-0.39, 0.29) is 5.91 Å². The normalized spacial score (nSPS) is 18.1. The molecular weight excluding hydrogens is 320 g/mol. The molecule has 1 amide bonds. The van der Waals surface area contributed by atoms with E-state index in [0.29, 0.717) is 12.3 Å². The van der Waals surface area contributed by atoms with Crippen molar-refractivity contribution in [3.8, 4) is 0 Å². The molecule has 0 bridgehead atoms. The van der Waals surface area contributed by atoms with Gasteiger partial charge in [0, 0.05) is 43.3 Å². The molecule has 5 nitrogen and oxygen atoms in total. The van der Waals surface area contributed by atoms with Crippen molar-refractivity contribution in [2.45, 2.75) is 58.4 Å². The van der Waals surface area contributed by atoms with Crippen molar-refractivity contribution in [2.75, 3.05) is 13.1 Å². The SMILES string of the molecule is CCCCn1ccnc1[C@H]1CCCN(C(=O)Cc2csc(C)n2)C1. The van der Waals surface area contributed by atoms with Crippen molar-refractivity contribution in [3.05, 3.63) is 34.3 Å². The van der Waals surface area contributed by atoms with Crippen molar-refractivity contribution >= 4 is 17.2 Å².